The zero-order chi connectivity index (χ0) is 49.5. The van der Waals surface area contributed by atoms with Crippen LogP contribution in [0.25, 0.3) is 90.6 Å². The standard InChI is InChI=1S/C67H58N6/c1-44-37-47-41-66(4,56-31-25-48(26-32-56)58-35-29-54(38-45(58)2)64-70-60(50-17-9-5-10-18-50)68-61(71-64)51-19-11-6-12-20-51)43-67(40-44,42-47)57-33-27-49(28-34-57)59-36-30-55(39-46(59)3)65-72-62(52-21-13-7-14-22-52)69-63(73-65)53-23-15-8-16-24-53/h5-36,38-39,44,47H,37,40-43H2,1-4H3. The third-order valence-corrected chi connectivity index (χ3v) is 15.7. The van der Waals surface area contributed by atoms with Crippen molar-refractivity contribution >= 4 is 0 Å². The quantitative estimate of drug-likeness (QED) is 0.136. The Kier molecular flexibility index (Phi) is 12.0. The lowest BCUT2D eigenvalue weighted by Crippen LogP contribution is -2.48. The number of hydrogen-bond acceptors (Lipinski definition) is 6. The summed E-state index contributed by atoms with van der Waals surface area (Å²) in [6.07, 6.45) is 6.14. The first-order valence-electron chi connectivity index (χ1n) is 25.8. The second-order valence-corrected chi connectivity index (χ2v) is 21.1. The lowest BCUT2D eigenvalue weighted by atomic mass is 9.49. The second kappa shape index (κ2) is 19.1. The summed E-state index contributed by atoms with van der Waals surface area (Å²) in [5.41, 5.74) is 16.2. The fourth-order valence-corrected chi connectivity index (χ4v) is 12.5. The smallest absolute Gasteiger partial charge is 0.164 e. The summed E-state index contributed by atoms with van der Waals surface area (Å²) in [4.78, 5) is 29.8. The van der Waals surface area contributed by atoms with Crippen molar-refractivity contribution in [2.24, 2.45) is 11.8 Å². The van der Waals surface area contributed by atoms with Gasteiger partial charge in [0.25, 0.3) is 0 Å². The molecule has 0 spiro atoms. The van der Waals surface area contributed by atoms with Crippen molar-refractivity contribution in [2.75, 3.05) is 0 Å². The van der Waals surface area contributed by atoms with E-state index in [0.717, 1.165) is 39.8 Å². The molecule has 2 aliphatic rings. The van der Waals surface area contributed by atoms with E-state index in [4.69, 9.17) is 29.9 Å². The summed E-state index contributed by atoms with van der Waals surface area (Å²) < 4.78 is 0. The molecular weight excluding hydrogens is 889 g/mol. The topological polar surface area (TPSA) is 77.3 Å². The van der Waals surface area contributed by atoms with Crippen LogP contribution < -0.4 is 0 Å². The molecule has 6 nitrogen and oxygen atoms in total. The number of hydrogen-bond donors (Lipinski definition) is 0. The molecule has 2 bridgehead atoms. The van der Waals surface area contributed by atoms with Gasteiger partial charge in [0.2, 0.25) is 0 Å². The van der Waals surface area contributed by atoms with Crippen LogP contribution >= 0.6 is 0 Å². The predicted octanol–water partition coefficient (Wildman–Crippen LogP) is 16.4. The Morgan fingerprint density at radius 2 is 0.699 bits per heavy atom. The van der Waals surface area contributed by atoms with E-state index in [-0.39, 0.29) is 10.8 Å². The molecule has 0 radical (unpaired) electrons. The molecule has 73 heavy (non-hydrogen) atoms. The van der Waals surface area contributed by atoms with Crippen molar-refractivity contribution in [2.45, 2.75) is 70.6 Å². The third kappa shape index (κ3) is 9.19. The Morgan fingerprint density at radius 1 is 0.356 bits per heavy atom. The Hall–Kier alpha value is -8.22. The normalized spacial score (nSPS) is 19.3. The first kappa shape index (κ1) is 45.9. The highest BCUT2D eigenvalue weighted by Crippen LogP contribution is 2.59. The Balaban J connectivity index is 0.798. The van der Waals surface area contributed by atoms with Crippen LogP contribution in [0.1, 0.15) is 68.2 Å². The molecule has 4 unspecified atom stereocenters. The average molecular weight is 947 g/mol. The molecule has 0 aliphatic heterocycles. The molecule has 356 valence electrons. The molecule has 2 aromatic heterocycles. The molecule has 0 saturated heterocycles. The first-order chi connectivity index (χ1) is 35.6. The lowest BCUT2D eigenvalue weighted by molar-refractivity contribution is 0.0592. The number of aromatic nitrogens is 6. The molecule has 10 aromatic rings. The Labute approximate surface area is 429 Å². The average Bonchev–Trinajstić information content (AvgIpc) is 3.43. The number of rotatable bonds is 10. The van der Waals surface area contributed by atoms with Crippen LogP contribution in [-0.2, 0) is 10.8 Å². The van der Waals surface area contributed by atoms with E-state index < -0.39 is 0 Å². The van der Waals surface area contributed by atoms with Gasteiger partial charge in [-0.3, -0.25) is 0 Å². The van der Waals surface area contributed by atoms with Gasteiger partial charge < -0.3 is 0 Å². The zero-order valence-corrected chi connectivity index (χ0v) is 42.0. The first-order valence-corrected chi connectivity index (χ1v) is 25.8. The molecular formula is C67H58N6. The van der Waals surface area contributed by atoms with Crippen molar-refractivity contribution in [3.8, 4) is 90.6 Å². The van der Waals surface area contributed by atoms with E-state index in [1.165, 1.54) is 70.2 Å². The monoisotopic (exact) mass is 946 g/mol. The summed E-state index contributed by atoms with van der Waals surface area (Å²) in [5.74, 6) is 5.40. The maximum absolute atomic E-state index is 5.00. The van der Waals surface area contributed by atoms with Crippen LogP contribution in [0.2, 0.25) is 0 Å². The molecule has 4 atom stereocenters. The number of fused-ring (bicyclic) bond motifs is 2. The van der Waals surface area contributed by atoms with Crippen LogP contribution in [0, 0.1) is 25.7 Å². The summed E-state index contributed by atoms with van der Waals surface area (Å²) in [6.45, 7) is 9.42. The van der Waals surface area contributed by atoms with E-state index in [1.807, 2.05) is 72.8 Å². The molecule has 2 aliphatic carbocycles. The van der Waals surface area contributed by atoms with Crippen LogP contribution in [0.4, 0.5) is 0 Å². The fourth-order valence-electron chi connectivity index (χ4n) is 12.5. The van der Waals surface area contributed by atoms with Crippen LogP contribution in [0.3, 0.4) is 0 Å². The van der Waals surface area contributed by atoms with Gasteiger partial charge in [0.15, 0.2) is 34.9 Å². The molecule has 0 amide bonds. The molecule has 8 aromatic carbocycles. The van der Waals surface area contributed by atoms with E-state index in [0.29, 0.717) is 46.8 Å². The second-order valence-electron chi connectivity index (χ2n) is 21.1. The van der Waals surface area contributed by atoms with Crippen LogP contribution in [0.15, 0.2) is 206 Å². The van der Waals surface area contributed by atoms with Crippen molar-refractivity contribution in [1.29, 1.82) is 0 Å². The van der Waals surface area contributed by atoms with Crippen molar-refractivity contribution in [3.63, 3.8) is 0 Å². The van der Waals surface area contributed by atoms with E-state index in [2.05, 4.69) is 161 Å². The largest absolute Gasteiger partial charge is 0.208 e. The van der Waals surface area contributed by atoms with Gasteiger partial charge in [0, 0.05) is 33.4 Å². The summed E-state index contributed by atoms with van der Waals surface area (Å²) >= 11 is 0. The number of nitrogens with zero attached hydrogens (tertiary/aromatic N) is 6. The minimum atomic E-state index is 0.0625. The van der Waals surface area contributed by atoms with Gasteiger partial charge >= 0.3 is 0 Å². The minimum absolute atomic E-state index is 0.0625. The highest BCUT2D eigenvalue weighted by atomic mass is 15.0. The predicted molar refractivity (Wildman–Crippen MR) is 297 cm³/mol. The van der Waals surface area contributed by atoms with Gasteiger partial charge in [-0.25, -0.2) is 29.9 Å². The third-order valence-electron chi connectivity index (χ3n) is 15.7. The lowest BCUT2D eigenvalue weighted by Gasteiger charge is -2.55. The summed E-state index contributed by atoms with van der Waals surface area (Å²) in [6, 6.07) is 73.0. The zero-order valence-electron chi connectivity index (χ0n) is 42.0. The molecule has 0 N–H and O–H groups in total. The fraction of sp³-hybridized carbons (Fsp3) is 0.194. The van der Waals surface area contributed by atoms with Gasteiger partial charge in [0.1, 0.15) is 0 Å². The van der Waals surface area contributed by atoms with Crippen LogP contribution in [0.5, 0.6) is 0 Å². The van der Waals surface area contributed by atoms with E-state index in [1.54, 1.807) is 0 Å². The number of aryl methyl sites for hydroxylation is 2. The van der Waals surface area contributed by atoms with E-state index in [9.17, 15) is 0 Å². The highest BCUT2D eigenvalue weighted by molar-refractivity contribution is 5.75. The van der Waals surface area contributed by atoms with Crippen molar-refractivity contribution in [3.05, 3.63) is 229 Å². The van der Waals surface area contributed by atoms with Gasteiger partial charge in [-0.1, -0.05) is 208 Å². The van der Waals surface area contributed by atoms with Gasteiger partial charge in [-0.2, -0.15) is 0 Å². The Morgan fingerprint density at radius 3 is 1.07 bits per heavy atom. The SMILES string of the molecule is Cc1cc(-c2nc(-c3ccccc3)nc(-c3ccccc3)n2)ccc1-c1ccc(C2(C)CC3CC(C)CC(c4ccc(-c5ccc(-c6nc(-c7ccccc7)nc(-c7ccccc7)n6)cc5C)cc4)(C3)C2)cc1. The highest BCUT2D eigenvalue weighted by Gasteiger charge is 2.51. The summed E-state index contributed by atoms with van der Waals surface area (Å²) in [5, 5.41) is 0. The maximum atomic E-state index is 5.00. The van der Waals surface area contributed by atoms with Crippen molar-refractivity contribution < 1.29 is 0 Å². The maximum Gasteiger partial charge on any atom is 0.164 e. The van der Waals surface area contributed by atoms with Gasteiger partial charge in [-0.05, 0) is 125 Å². The summed E-state index contributed by atoms with van der Waals surface area (Å²) in [7, 11) is 0. The Bertz CT molecular complexity index is 3460. The van der Waals surface area contributed by atoms with Crippen LogP contribution in [-0.4, -0.2) is 29.9 Å². The molecule has 12 rings (SSSR count). The molecule has 2 saturated carbocycles. The van der Waals surface area contributed by atoms with Gasteiger partial charge in [0.05, 0.1) is 0 Å². The molecule has 2 heterocycles. The molecule has 2 fully saturated rings. The number of benzene rings is 8. The molecule has 6 heteroatoms. The van der Waals surface area contributed by atoms with Gasteiger partial charge in [-0.15, -0.1) is 0 Å². The minimum Gasteiger partial charge on any atom is -0.208 e. The van der Waals surface area contributed by atoms with Crippen molar-refractivity contribution in [1.82, 2.24) is 29.9 Å². The van der Waals surface area contributed by atoms with E-state index >= 15 is 0 Å².